The summed E-state index contributed by atoms with van der Waals surface area (Å²) in [4.78, 5) is 33.4. The Bertz CT molecular complexity index is 769. The summed E-state index contributed by atoms with van der Waals surface area (Å²) in [6.07, 6.45) is 0. The first-order valence-corrected chi connectivity index (χ1v) is 6.71. The molecule has 0 aliphatic rings. The minimum absolute atomic E-state index is 0.108. The summed E-state index contributed by atoms with van der Waals surface area (Å²) < 4.78 is 4.89. The van der Waals surface area contributed by atoms with Crippen LogP contribution < -0.4 is 10.1 Å². The molecule has 2 aromatic rings. The van der Waals surface area contributed by atoms with Crippen LogP contribution in [0.2, 0.25) is 0 Å². The molecule has 0 radical (unpaired) electrons. The van der Waals surface area contributed by atoms with Gasteiger partial charge in [-0.15, -0.1) is 0 Å². The summed E-state index contributed by atoms with van der Waals surface area (Å²) >= 11 is 0. The summed E-state index contributed by atoms with van der Waals surface area (Å²) in [5, 5.41) is 13.5. The van der Waals surface area contributed by atoms with Crippen molar-refractivity contribution < 1.29 is 19.2 Å². The summed E-state index contributed by atoms with van der Waals surface area (Å²) in [5.74, 6) is -0.538. The fourth-order valence-corrected chi connectivity index (χ4v) is 1.92. The van der Waals surface area contributed by atoms with Crippen LogP contribution >= 0.6 is 0 Å². The lowest BCUT2D eigenvalue weighted by molar-refractivity contribution is -0.385. The number of benzene rings is 2. The molecule has 1 amide bonds. The minimum Gasteiger partial charge on any atom is -0.427 e. The van der Waals surface area contributed by atoms with Gasteiger partial charge in [-0.25, -0.2) is 0 Å². The number of esters is 1. The zero-order chi connectivity index (χ0) is 17.0. The van der Waals surface area contributed by atoms with Gasteiger partial charge in [0.1, 0.15) is 5.75 Å². The number of aryl methyl sites for hydroxylation is 1. The van der Waals surface area contributed by atoms with Gasteiger partial charge in [0.2, 0.25) is 0 Å². The topological polar surface area (TPSA) is 98.5 Å². The Labute approximate surface area is 132 Å². The predicted molar refractivity (Wildman–Crippen MR) is 83.5 cm³/mol. The highest BCUT2D eigenvalue weighted by Gasteiger charge is 2.15. The molecule has 0 saturated carbocycles. The Kier molecular flexibility index (Phi) is 4.70. The van der Waals surface area contributed by atoms with Crippen LogP contribution in [-0.2, 0) is 4.79 Å². The number of nitro benzene ring substituents is 1. The molecule has 2 rings (SSSR count). The first-order chi connectivity index (χ1) is 10.9. The van der Waals surface area contributed by atoms with Gasteiger partial charge in [-0.1, -0.05) is 6.07 Å². The summed E-state index contributed by atoms with van der Waals surface area (Å²) in [7, 11) is 0. The fraction of sp³-hybridized carbons (Fsp3) is 0.125. The van der Waals surface area contributed by atoms with E-state index in [0.29, 0.717) is 17.0 Å². The second-order valence-electron chi connectivity index (χ2n) is 4.83. The van der Waals surface area contributed by atoms with Gasteiger partial charge in [-0.05, 0) is 37.3 Å². The molecule has 7 heteroatoms. The van der Waals surface area contributed by atoms with E-state index in [1.807, 2.05) is 0 Å². The molecule has 2 aromatic carbocycles. The van der Waals surface area contributed by atoms with Crippen molar-refractivity contribution in [2.24, 2.45) is 0 Å². The van der Waals surface area contributed by atoms with E-state index in [4.69, 9.17) is 4.74 Å². The first kappa shape index (κ1) is 16.2. The standard InChI is InChI=1S/C16H14N2O5/c1-10-3-4-12(9-15(10)18(21)22)16(20)17-13-5-7-14(8-6-13)23-11(2)19/h3-9H,1-2H3,(H,17,20). The number of ether oxygens (including phenoxy) is 1. The van der Waals surface area contributed by atoms with Crippen molar-refractivity contribution in [3.05, 3.63) is 63.7 Å². The van der Waals surface area contributed by atoms with Gasteiger partial charge < -0.3 is 10.1 Å². The van der Waals surface area contributed by atoms with Crippen molar-refractivity contribution in [1.29, 1.82) is 0 Å². The van der Waals surface area contributed by atoms with Crippen molar-refractivity contribution in [2.45, 2.75) is 13.8 Å². The van der Waals surface area contributed by atoms with E-state index in [1.165, 1.54) is 37.3 Å². The Hall–Kier alpha value is -3.22. The van der Waals surface area contributed by atoms with Crippen LogP contribution in [0.25, 0.3) is 0 Å². The fourth-order valence-electron chi connectivity index (χ4n) is 1.92. The largest absolute Gasteiger partial charge is 0.427 e. The maximum absolute atomic E-state index is 12.1. The molecule has 118 valence electrons. The number of nitrogens with zero attached hydrogens (tertiary/aromatic N) is 1. The van der Waals surface area contributed by atoms with Gasteiger partial charge in [-0.3, -0.25) is 19.7 Å². The van der Waals surface area contributed by atoms with Crippen LogP contribution in [0.15, 0.2) is 42.5 Å². The first-order valence-electron chi connectivity index (χ1n) is 6.71. The molecule has 0 fully saturated rings. The van der Waals surface area contributed by atoms with E-state index in [9.17, 15) is 19.7 Å². The summed E-state index contributed by atoms with van der Waals surface area (Å²) in [5.41, 5.74) is 1.04. The number of carbonyl (C=O) groups is 2. The van der Waals surface area contributed by atoms with Crippen molar-refractivity contribution in [1.82, 2.24) is 0 Å². The molecule has 7 nitrogen and oxygen atoms in total. The van der Waals surface area contributed by atoms with Gasteiger partial charge in [0.05, 0.1) is 4.92 Å². The second kappa shape index (κ2) is 6.69. The Morgan fingerprint density at radius 1 is 1.13 bits per heavy atom. The summed E-state index contributed by atoms with van der Waals surface area (Å²) in [6, 6.07) is 10.5. The van der Waals surface area contributed by atoms with E-state index in [0.717, 1.165) is 0 Å². The Morgan fingerprint density at radius 3 is 2.35 bits per heavy atom. The van der Waals surface area contributed by atoms with Crippen molar-refractivity contribution in [3.63, 3.8) is 0 Å². The molecule has 0 spiro atoms. The van der Waals surface area contributed by atoms with Gasteiger partial charge in [-0.2, -0.15) is 0 Å². The molecule has 0 unspecified atom stereocenters. The lowest BCUT2D eigenvalue weighted by Gasteiger charge is -2.07. The SMILES string of the molecule is CC(=O)Oc1ccc(NC(=O)c2ccc(C)c([N+](=O)[O-])c2)cc1. The smallest absolute Gasteiger partial charge is 0.308 e. The maximum Gasteiger partial charge on any atom is 0.308 e. The predicted octanol–water partition coefficient (Wildman–Crippen LogP) is 3.08. The molecule has 0 heterocycles. The average Bonchev–Trinajstić information content (AvgIpc) is 2.48. The second-order valence-corrected chi connectivity index (χ2v) is 4.83. The lowest BCUT2D eigenvalue weighted by atomic mass is 10.1. The number of hydrogen-bond acceptors (Lipinski definition) is 5. The van der Waals surface area contributed by atoms with E-state index in [1.54, 1.807) is 19.1 Å². The number of carbonyl (C=O) groups excluding carboxylic acids is 2. The van der Waals surface area contributed by atoms with Crippen LogP contribution in [0.5, 0.6) is 5.75 Å². The van der Waals surface area contributed by atoms with E-state index < -0.39 is 16.8 Å². The van der Waals surface area contributed by atoms with Crippen LogP contribution in [0.1, 0.15) is 22.8 Å². The Balaban J connectivity index is 2.14. The zero-order valence-electron chi connectivity index (χ0n) is 12.5. The van der Waals surface area contributed by atoms with Crippen LogP contribution in [-0.4, -0.2) is 16.8 Å². The highest BCUT2D eigenvalue weighted by molar-refractivity contribution is 6.04. The molecule has 0 aliphatic carbocycles. The van der Waals surface area contributed by atoms with Crippen LogP contribution in [0, 0.1) is 17.0 Å². The monoisotopic (exact) mass is 314 g/mol. The van der Waals surface area contributed by atoms with Gasteiger partial charge >= 0.3 is 5.97 Å². The lowest BCUT2D eigenvalue weighted by Crippen LogP contribution is -2.12. The molecule has 0 aliphatic heterocycles. The third-order valence-corrected chi connectivity index (χ3v) is 3.04. The molecule has 0 aromatic heterocycles. The molecule has 0 atom stereocenters. The Morgan fingerprint density at radius 2 is 1.78 bits per heavy atom. The highest BCUT2D eigenvalue weighted by Crippen LogP contribution is 2.21. The maximum atomic E-state index is 12.1. The number of nitrogens with one attached hydrogen (secondary N) is 1. The average molecular weight is 314 g/mol. The molecule has 1 N–H and O–H groups in total. The van der Waals surface area contributed by atoms with Crippen molar-refractivity contribution in [2.75, 3.05) is 5.32 Å². The van der Waals surface area contributed by atoms with Gasteiger partial charge in [0, 0.05) is 29.8 Å². The normalized spacial score (nSPS) is 10.0. The van der Waals surface area contributed by atoms with Crippen LogP contribution in [0.4, 0.5) is 11.4 Å². The van der Waals surface area contributed by atoms with E-state index >= 15 is 0 Å². The van der Waals surface area contributed by atoms with E-state index in [-0.39, 0.29) is 11.3 Å². The molecular formula is C16H14N2O5. The third-order valence-electron chi connectivity index (χ3n) is 3.04. The summed E-state index contributed by atoms with van der Waals surface area (Å²) in [6.45, 7) is 2.90. The van der Waals surface area contributed by atoms with Gasteiger partial charge in [0.15, 0.2) is 0 Å². The van der Waals surface area contributed by atoms with Gasteiger partial charge in [0.25, 0.3) is 11.6 Å². The third kappa shape index (κ3) is 4.13. The molecule has 23 heavy (non-hydrogen) atoms. The quantitative estimate of drug-likeness (QED) is 0.404. The number of amides is 1. The molecular weight excluding hydrogens is 300 g/mol. The van der Waals surface area contributed by atoms with E-state index in [2.05, 4.69) is 5.32 Å². The highest BCUT2D eigenvalue weighted by atomic mass is 16.6. The molecule has 0 bridgehead atoms. The number of hydrogen-bond donors (Lipinski definition) is 1. The molecule has 0 saturated heterocycles. The van der Waals surface area contributed by atoms with Crippen molar-refractivity contribution >= 4 is 23.3 Å². The minimum atomic E-state index is -0.528. The number of rotatable bonds is 4. The number of anilines is 1. The van der Waals surface area contributed by atoms with Crippen LogP contribution in [0.3, 0.4) is 0 Å². The zero-order valence-corrected chi connectivity index (χ0v) is 12.5. The number of nitro groups is 1. The van der Waals surface area contributed by atoms with Crippen molar-refractivity contribution in [3.8, 4) is 5.75 Å².